The number of rotatable bonds is 7. The van der Waals surface area contributed by atoms with Crippen LogP contribution in [0.3, 0.4) is 0 Å². The van der Waals surface area contributed by atoms with E-state index in [1.165, 1.54) is 17.7 Å². The zero-order valence-electron chi connectivity index (χ0n) is 16.8. The Kier molecular flexibility index (Phi) is 5.44. The van der Waals surface area contributed by atoms with E-state index < -0.39 is 15.5 Å². The molecule has 8 nitrogen and oxygen atoms in total. The van der Waals surface area contributed by atoms with E-state index in [1.807, 2.05) is 49.4 Å². The zero-order valence-corrected chi connectivity index (χ0v) is 16.8. The summed E-state index contributed by atoms with van der Waals surface area (Å²) in [5.74, 6) is 0.504. The van der Waals surface area contributed by atoms with Crippen molar-refractivity contribution >= 4 is 22.8 Å². The lowest BCUT2D eigenvalue weighted by molar-refractivity contribution is -0.393. The molecule has 1 aliphatic rings. The van der Waals surface area contributed by atoms with E-state index in [9.17, 15) is 20.2 Å². The van der Waals surface area contributed by atoms with Crippen LogP contribution in [0.2, 0.25) is 0 Å². The Morgan fingerprint density at radius 2 is 1.68 bits per heavy atom. The van der Waals surface area contributed by atoms with Crippen molar-refractivity contribution in [2.24, 2.45) is 11.0 Å². The minimum Gasteiger partial charge on any atom is -0.271 e. The molecule has 3 aromatic rings. The van der Waals surface area contributed by atoms with Crippen molar-refractivity contribution in [3.8, 4) is 0 Å². The van der Waals surface area contributed by atoms with Gasteiger partial charge in [0.05, 0.1) is 21.6 Å². The van der Waals surface area contributed by atoms with Crippen LogP contribution in [0.25, 0.3) is 0 Å². The highest BCUT2D eigenvalue weighted by Gasteiger charge is 2.42. The molecule has 1 aliphatic carbocycles. The quantitative estimate of drug-likeness (QED) is 0.314. The highest BCUT2D eigenvalue weighted by Crippen LogP contribution is 2.49. The van der Waals surface area contributed by atoms with Gasteiger partial charge in [0.15, 0.2) is 0 Å². The fraction of sp³-hybridized carbons (Fsp3) is 0.174. The lowest BCUT2D eigenvalue weighted by Gasteiger charge is -2.09. The smallest absolute Gasteiger partial charge is 0.271 e. The number of aryl methyl sites for hydroxylation is 1. The minimum absolute atomic E-state index is 0.108. The third-order valence-electron chi connectivity index (χ3n) is 5.40. The van der Waals surface area contributed by atoms with E-state index in [-0.39, 0.29) is 17.3 Å². The van der Waals surface area contributed by atoms with Crippen molar-refractivity contribution in [1.29, 1.82) is 0 Å². The molecule has 4 rings (SSSR count). The van der Waals surface area contributed by atoms with E-state index in [0.29, 0.717) is 5.92 Å². The van der Waals surface area contributed by atoms with Gasteiger partial charge in [0.2, 0.25) is 0 Å². The number of benzene rings is 3. The number of nitrogens with one attached hydrogen (secondary N) is 1. The first-order chi connectivity index (χ1) is 14.9. The molecule has 3 aromatic carbocycles. The molecule has 0 aliphatic heterocycles. The van der Waals surface area contributed by atoms with Gasteiger partial charge in [-0.15, -0.1) is 0 Å². The summed E-state index contributed by atoms with van der Waals surface area (Å²) in [6, 6.07) is 21.6. The fourth-order valence-electron chi connectivity index (χ4n) is 3.65. The Morgan fingerprint density at radius 1 is 0.968 bits per heavy atom. The number of nitro benzene ring substituents is 2. The van der Waals surface area contributed by atoms with Gasteiger partial charge >= 0.3 is 5.69 Å². The number of hydrogen-bond acceptors (Lipinski definition) is 6. The van der Waals surface area contributed by atoms with Crippen LogP contribution in [0.15, 0.2) is 77.9 Å². The first-order valence-corrected chi connectivity index (χ1v) is 9.82. The minimum atomic E-state index is -0.660. The van der Waals surface area contributed by atoms with E-state index in [0.717, 1.165) is 29.3 Å². The molecule has 1 saturated carbocycles. The van der Waals surface area contributed by atoms with E-state index >= 15 is 0 Å². The number of anilines is 1. The third kappa shape index (κ3) is 4.42. The van der Waals surface area contributed by atoms with Crippen LogP contribution < -0.4 is 5.43 Å². The standard InChI is InChI=1S/C23H20N4O4/c1-15-7-9-17(10-8-15)23(20-14-19(20)16-5-3-2-4-6-16)25-24-21-12-11-18(26(28)29)13-22(21)27(30)31/h2-13,19-20,24H,14H2,1H3. The Bertz CT molecular complexity index is 1160. The van der Waals surface area contributed by atoms with Gasteiger partial charge in [-0.05, 0) is 36.5 Å². The molecule has 0 bridgehead atoms. The molecule has 31 heavy (non-hydrogen) atoms. The second-order valence-electron chi connectivity index (χ2n) is 7.55. The number of hydrogen-bond donors (Lipinski definition) is 1. The molecule has 0 aromatic heterocycles. The molecule has 1 fully saturated rings. The summed E-state index contributed by atoms with van der Waals surface area (Å²) in [7, 11) is 0. The average Bonchev–Trinajstić information content (AvgIpc) is 3.56. The first-order valence-electron chi connectivity index (χ1n) is 9.82. The highest BCUT2D eigenvalue weighted by molar-refractivity contribution is 6.05. The van der Waals surface area contributed by atoms with Crippen molar-refractivity contribution in [2.75, 3.05) is 5.43 Å². The van der Waals surface area contributed by atoms with Crippen molar-refractivity contribution in [3.63, 3.8) is 0 Å². The van der Waals surface area contributed by atoms with E-state index in [2.05, 4.69) is 22.7 Å². The Hall–Kier alpha value is -4.07. The van der Waals surface area contributed by atoms with Crippen molar-refractivity contribution < 1.29 is 9.85 Å². The van der Waals surface area contributed by atoms with Crippen LogP contribution in [0.1, 0.15) is 29.0 Å². The van der Waals surface area contributed by atoms with Crippen molar-refractivity contribution in [2.45, 2.75) is 19.3 Å². The van der Waals surface area contributed by atoms with Crippen LogP contribution in [0.4, 0.5) is 17.1 Å². The lowest BCUT2D eigenvalue weighted by Crippen LogP contribution is -2.09. The third-order valence-corrected chi connectivity index (χ3v) is 5.40. The van der Waals surface area contributed by atoms with Crippen molar-refractivity contribution in [1.82, 2.24) is 0 Å². The number of nitrogens with zero attached hydrogens (tertiary/aromatic N) is 3. The molecular formula is C23H20N4O4. The number of non-ortho nitro benzene ring substituents is 1. The maximum atomic E-state index is 11.4. The first kappa shape index (κ1) is 20.2. The second-order valence-corrected chi connectivity index (χ2v) is 7.55. The van der Waals surface area contributed by atoms with Crippen LogP contribution >= 0.6 is 0 Å². The number of nitro groups is 2. The summed E-state index contributed by atoms with van der Waals surface area (Å²) in [6.45, 7) is 2.00. The summed E-state index contributed by atoms with van der Waals surface area (Å²) < 4.78 is 0. The largest absolute Gasteiger partial charge is 0.301 e. The summed E-state index contributed by atoms with van der Waals surface area (Å²) >= 11 is 0. The molecule has 8 heteroatoms. The summed E-state index contributed by atoms with van der Waals surface area (Å²) in [5.41, 5.74) is 6.26. The van der Waals surface area contributed by atoms with Crippen molar-refractivity contribution in [3.05, 3.63) is 110 Å². The summed E-state index contributed by atoms with van der Waals surface area (Å²) in [5, 5.41) is 26.9. The molecule has 0 heterocycles. The predicted octanol–water partition coefficient (Wildman–Crippen LogP) is 5.43. The molecule has 0 saturated heterocycles. The van der Waals surface area contributed by atoms with E-state index in [1.54, 1.807) is 0 Å². The molecule has 156 valence electrons. The SMILES string of the molecule is Cc1ccc(C(=NNc2ccc([N+](=O)[O-])cc2[N+](=O)[O-])C2CC2c2ccccc2)cc1. The van der Waals surface area contributed by atoms with Crippen LogP contribution in [0, 0.1) is 33.1 Å². The zero-order chi connectivity index (χ0) is 22.0. The molecule has 0 radical (unpaired) electrons. The van der Waals surface area contributed by atoms with Gasteiger partial charge in [-0.25, -0.2) is 0 Å². The van der Waals surface area contributed by atoms with Gasteiger partial charge in [0.25, 0.3) is 5.69 Å². The van der Waals surface area contributed by atoms with Gasteiger partial charge in [0.1, 0.15) is 5.69 Å². The molecule has 1 N–H and O–H groups in total. The second kappa shape index (κ2) is 8.35. The summed E-state index contributed by atoms with van der Waals surface area (Å²) in [4.78, 5) is 21.1. The topological polar surface area (TPSA) is 111 Å². The summed E-state index contributed by atoms with van der Waals surface area (Å²) in [6.07, 6.45) is 0.931. The van der Waals surface area contributed by atoms with Gasteiger partial charge in [0, 0.05) is 12.0 Å². The monoisotopic (exact) mass is 416 g/mol. The molecule has 2 atom stereocenters. The predicted molar refractivity (Wildman–Crippen MR) is 118 cm³/mol. The van der Waals surface area contributed by atoms with Gasteiger partial charge in [-0.1, -0.05) is 60.2 Å². The molecular weight excluding hydrogens is 396 g/mol. The lowest BCUT2D eigenvalue weighted by atomic mass is 10.0. The van der Waals surface area contributed by atoms with Gasteiger partial charge in [-0.3, -0.25) is 25.7 Å². The van der Waals surface area contributed by atoms with Crippen LogP contribution in [-0.4, -0.2) is 15.6 Å². The Morgan fingerprint density at radius 3 is 2.32 bits per heavy atom. The van der Waals surface area contributed by atoms with E-state index in [4.69, 9.17) is 0 Å². The molecule has 0 amide bonds. The number of hydrazone groups is 1. The van der Waals surface area contributed by atoms with Crippen LogP contribution in [-0.2, 0) is 0 Å². The highest BCUT2D eigenvalue weighted by atomic mass is 16.6. The maximum Gasteiger partial charge on any atom is 0.301 e. The molecule has 2 unspecified atom stereocenters. The van der Waals surface area contributed by atoms with Crippen LogP contribution in [0.5, 0.6) is 0 Å². The Balaban J connectivity index is 1.67. The molecule has 0 spiro atoms. The fourth-order valence-corrected chi connectivity index (χ4v) is 3.65. The normalized spacial score (nSPS) is 17.8. The maximum absolute atomic E-state index is 11.4. The Labute approximate surface area is 178 Å². The average molecular weight is 416 g/mol. The van der Waals surface area contributed by atoms with Gasteiger partial charge < -0.3 is 0 Å². The van der Waals surface area contributed by atoms with Gasteiger partial charge in [-0.2, -0.15) is 5.10 Å².